The van der Waals surface area contributed by atoms with Gasteiger partial charge in [0.1, 0.15) is 0 Å². The van der Waals surface area contributed by atoms with Crippen LogP contribution in [0.15, 0.2) is 5.38 Å². The summed E-state index contributed by atoms with van der Waals surface area (Å²) in [5.41, 5.74) is 0.932. The third-order valence-corrected chi connectivity index (χ3v) is 4.67. The summed E-state index contributed by atoms with van der Waals surface area (Å²) in [5.74, 6) is 0.344. The number of amides is 1. The maximum absolute atomic E-state index is 12.7. The van der Waals surface area contributed by atoms with E-state index >= 15 is 0 Å². The van der Waals surface area contributed by atoms with Crippen molar-refractivity contribution >= 4 is 17.2 Å². The van der Waals surface area contributed by atoms with Crippen molar-refractivity contribution in [2.45, 2.75) is 59.4 Å². The first kappa shape index (κ1) is 17.4. The highest BCUT2D eigenvalue weighted by Crippen LogP contribution is 2.19. The van der Waals surface area contributed by atoms with Crippen molar-refractivity contribution in [3.63, 3.8) is 0 Å². The Balaban J connectivity index is 1.98. The molecule has 1 aliphatic heterocycles. The maximum Gasteiger partial charge on any atom is 0.237 e. The summed E-state index contributed by atoms with van der Waals surface area (Å²) in [4.78, 5) is 19.3. The lowest BCUT2D eigenvalue weighted by atomic mass is 9.99. The average molecular weight is 325 g/mol. The molecular weight excluding hydrogens is 298 g/mol. The lowest BCUT2D eigenvalue weighted by Crippen LogP contribution is -2.56. The number of aromatic nitrogens is 1. The Labute approximate surface area is 137 Å². The molecule has 1 aromatic rings. The minimum atomic E-state index is -0.117. The molecule has 0 aliphatic carbocycles. The van der Waals surface area contributed by atoms with Crippen LogP contribution in [0.5, 0.6) is 0 Å². The Morgan fingerprint density at radius 1 is 1.45 bits per heavy atom. The van der Waals surface area contributed by atoms with Crippen LogP contribution in [0, 0.1) is 12.8 Å². The molecule has 124 valence electrons. The summed E-state index contributed by atoms with van der Waals surface area (Å²) in [6.07, 6.45) is 0.331. The van der Waals surface area contributed by atoms with Gasteiger partial charge in [-0.05, 0) is 26.7 Å². The number of rotatable bonds is 5. The number of nitrogens with zero attached hydrogens (tertiary/aromatic N) is 2. The molecule has 0 saturated carbocycles. The molecule has 5 nitrogen and oxygen atoms in total. The van der Waals surface area contributed by atoms with Crippen LogP contribution in [0.2, 0.25) is 0 Å². The first-order valence-corrected chi connectivity index (χ1v) is 8.83. The molecule has 0 spiro atoms. The van der Waals surface area contributed by atoms with E-state index in [-0.39, 0.29) is 30.1 Å². The minimum absolute atomic E-state index is 0.0851. The molecule has 1 N–H and O–H groups in total. The first-order valence-electron chi connectivity index (χ1n) is 7.95. The monoisotopic (exact) mass is 325 g/mol. The molecule has 1 aromatic heterocycles. The fraction of sp³-hybridized carbons (Fsp3) is 0.750. The zero-order valence-corrected chi connectivity index (χ0v) is 14.9. The molecule has 0 radical (unpaired) electrons. The maximum atomic E-state index is 12.7. The van der Waals surface area contributed by atoms with Crippen LogP contribution in [0.25, 0.3) is 0 Å². The van der Waals surface area contributed by atoms with Gasteiger partial charge in [0.2, 0.25) is 5.91 Å². The predicted octanol–water partition coefficient (Wildman–Crippen LogP) is 2.20. The van der Waals surface area contributed by atoms with Gasteiger partial charge in [0, 0.05) is 18.5 Å². The van der Waals surface area contributed by atoms with E-state index in [1.807, 2.05) is 12.3 Å². The quantitative estimate of drug-likeness (QED) is 0.902. The van der Waals surface area contributed by atoms with Crippen molar-refractivity contribution in [1.82, 2.24) is 15.2 Å². The third-order valence-electron chi connectivity index (χ3n) is 3.85. The second-order valence-corrected chi connectivity index (χ2v) is 7.54. The van der Waals surface area contributed by atoms with Crippen molar-refractivity contribution in [2.24, 2.45) is 5.92 Å². The molecule has 2 heterocycles. The number of morpholine rings is 1. The number of carbonyl (C=O) groups excluding carboxylic acids is 1. The number of ether oxygens (including phenoxy) is 1. The lowest BCUT2D eigenvalue weighted by molar-refractivity contribution is -0.135. The van der Waals surface area contributed by atoms with Crippen molar-refractivity contribution < 1.29 is 9.53 Å². The van der Waals surface area contributed by atoms with Gasteiger partial charge >= 0.3 is 0 Å². The minimum Gasteiger partial charge on any atom is -0.373 e. The molecule has 1 saturated heterocycles. The van der Waals surface area contributed by atoms with E-state index in [0.29, 0.717) is 6.54 Å². The highest BCUT2D eigenvalue weighted by atomic mass is 32.1. The SMILES string of the molecule is Cc1nc(CNC(=O)C(C(C)C)N2CC(C)OC(C)C2)cs1. The summed E-state index contributed by atoms with van der Waals surface area (Å²) in [7, 11) is 0. The average Bonchev–Trinajstić information content (AvgIpc) is 2.81. The zero-order chi connectivity index (χ0) is 16.3. The Morgan fingerprint density at radius 3 is 2.59 bits per heavy atom. The second kappa shape index (κ2) is 7.53. The molecule has 2 rings (SSSR count). The van der Waals surface area contributed by atoms with Gasteiger partial charge in [0.25, 0.3) is 0 Å². The summed E-state index contributed by atoms with van der Waals surface area (Å²) >= 11 is 1.61. The topological polar surface area (TPSA) is 54.5 Å². The van der Waals surface area contributed by atoms with E-state index in [4.69, 9.17) is 4.74 Å². The molecule has 3 atom stereocenters. The van der Waals surface area contributed by atoms with Crippen LogP contribution >= 0.6 is 11.3 Å². The zero-order valence-electron chi connectivity index (χ0n) is 14.1. The lowest BCUT2D eigenvalue weighted by Gasteiger charge is -2.41. The molecule has 0 aromatic carbocycles. The standard InChI is InChI=1S/C16H27N3O2S/c1-10(2)15(19-7-11(3)21-12(4)8-19)16(20)17-6-14-9-22-13(5)18-14/h9-12,15H,6-8H2,1-5H3,(H,17,20). The van der Waals surface area contributed by atoms with Gasteiger partial charge in [0.05, 0.1) is 35.5 Å². The molecule has 3 unspecified atom stereocenters. The van der Waals surface area contributed by atoms with Crippen LogP contribution in [-0.4, -0.2) is 47.1 Å². The Hall–Kier alpha value is -0.980. The van der Waals surface area contributed by atoms with Crippen molar-refractivity contribution in [3.05, 3.63) is 16.1 Å². The van der Waals surface area contributed by atoms with E-state index in [0.717, 1.165) is 23.8 Å². The second-order valence-electron chi connectivity index (χ2n) is 6.48. The van der Waals surface area contributed by atoms with Crippen LogP contribution in [-0.2, 0) is 16.1 Å². The van der Waals surface area contributed by atoms with Crippen LogP contribution in [0.1, 0.15) is 38.4 Å². The summed E-state index contributed by atoms with van der Waals surface area (Å²) < 4.78 is 5.78. The smallest absolute Gasteiger partial charge is 0.237 e. The molecule has 22 heavy (non-hydrogen) atoms. The fourth-order valence-electron chi connectivity index (χ4n) is 3.11. The van der Waals surface area contributed by atoms with Gasteiger partial charge < -0.3 is 10.1 Å². The molecule has 0 bridgehead atoms. The van der Waals surface area contributed by atoms with E-state index in [1.165, 1.54) is 0 Å². The number of hydrogen-bond donors (Lipinski definition) is 1. The number of hydrogen-bond acceptors (Lipinski definition) is 5. The third kappa shape index (κ3) is 4.51. The number of thiazole rings is 1. The summed E-state index contributed by atoms with van der Waals surface area (Å²) in [6.45, 7) is 12.4. The van der Waals surface area contributed by atoms with E-state index < -0.39 is 0 Å². The highest BCUT2D eigenvalue weighted by molar-refractivity contribution is 7.09. The van der Waals surface area contributed by atoms with Gasteiger partial charge in [-0.15, -0.1) is 11.3 Å². The predicted molar refractivity (Wildman–Crippen MR) is 88.9 cm³/mol. The van der Waals surface area contributed by atoms with Gasteiger partial charge in [-0.25, -0.2) is 4.98 Å². The van der Waals surface area contributed by atoms with Gasteiger partial charge in [-0.1, -0.05) is 13.8 Å². The van der Waals surface area contributed by atoms with Gasteiger partial charge in [0.15, 0.2) is 0 Å². The summed E-state index contributed by atoms with van der Waals surface area (Å²) in [6, 6.07) is -0.117. The van der Waals surface area contributed by atoms with Crippen molar-refractivity contribution in [2.75, 3.05) is 13.1 Å². The number of aryl methyl sites for hydroxylation is 1. The van der Waals surface area contributed by atoms with Crippen molar-refractivity contribution in [3.8, 4) is 0 Å². The molecule has 1 aliphatic rings. The number of carbonyl (C=O) groups is 1. The number of nitrogens with one attached hydrogen (secondary N) is 1. The van der Waals surface area contributed by atoms with E-state index in [1.54, 1.807) is 11.3 Å². The van der Waals surface area contributed by atoms with Crippen molar-refractivity contribution in [1.29, 1.82) is 0 Å². The van der Waals surface area contributed by atoms with Gasteiger partial charge in [-0.3, -0.25) is 9.69 Å². The molecule has 1 amide bonds. The van der Waals surface area contributed by atoms with Crippen LogP contribution < -0.4 is 5.32 Å². The van der Waals surface area contributed by atoms with E-state index in [2.05, 4.69) is 42.9 Å². The molecule has 1 fully saturated rings. The van der Waals surface area contributed by atoms with E-state index in [9.17, 15) is 4.79 Å². The normalized spacial score (nSPS) is 24.5. The Kier molecular flexibility index (Phi) is 5.94. The highest BCUT2D eigenvalue weighted by Gasteiger charge is 2.33. The summed E-state index contributed by atoms with van der Waals surface area (Å²) in [5, 5.41) is 6.07. The van der Waals surface area contributed by atoms with Crippen LogP contribution in [0.4, 0.5) is 0 Å². The first-order chi connectivity index (χ1) is 10.4. The van der Waals surface area contributed by atoms with Gasteiger partial charge in [-0.2, -0.15) is 0 Å². The molecular formula is C16H27N3O2S. The van der Waals surface area contributed by atoms with Crippen LogP contribution in [0.3, 0.4) is 0 Å². The molecule has 6 heteroatoms. The Morgan fingerprint density at radius 2 is 2.09 bits per heavy atom. The Bertz CT molecular complexity index is 493. The largest absolute Gasteiger partial charge is 0.373 e. The fourth-order valence-corrected chi connectivity index (χ4v) is 3.72.